The van der Waals surface area contributed by atoms with Gasteiger partial charge in [-0.25, -0.2) is 0 Å². The van der Waals surface area contributed by atoms with Crippen LogP contribution in [0.25, 0.3) is 0 Å². The Bertz CT molecular complexity index is 477. The fourth-order valence-corrected chi connectivity index (χ4v) is 3.16. The van der Waals surface area contributed by atoms with Gasteiger partial charge in [-0.3, -0.25) is 4.90 Å². The molecule has 0 amide bonds. The summed E-state index contributed by atoms with van der Waals surface area (Å²) < 4.78 is 11.8. The second kappa shape index (κ2) is 5.31. The van der Waals surface area contributed by atoms with Gasteiger partial charge >= 0.3 is 0 Å². The molecule has 0 bridgehead atoms. The van der Waals surface area contributed by atoms with Gasteiger partial charge in [0, 0.05) is 19.1 Å². The standard InChI is InChI=1S/C14H19BrN2O2/c1-17(7-9-2-3-9)12(6-16)10-4-11(15)14-13(5-10)18-8-19-14/h4-5,9,12H,2-3,6-8,16H2,1H3. The Morgan fingerprint density at radius 3 is 2.89 bits per heavy atom. The van der Waals surface area contributed by atoms with Crippen LogP contribution in [0.4, 0.5) is 0 Å². The molecule has 1 heterocycles. The van der Waals surface area contributed by atoms with Crippen molar-refractivity contribution in [2.24, 2.45) is 11.7 Å². The number of hydrogen-bond donors (Lipinski definition) is 1. The number of hydrogen-bond acceptors (Lipinski definition) is 4. The van der Waals surface area contributed by atoms with Gasteiger partial charge in [-0.1, -0.05) is 0 Å². The summed E-state index contributed by atoms with van der Waals surface area (Å²) in [7, 11) is 2.15. The molecule has 5 heteroatoms. The van der Waals surface area contributed by atoms with Crippen LogP contribution in [0.2, 0.25) is 0 Å². The maximum Gasteiger partial charge on any atom is 0.231 e. The third-order valence-electron chi connectivity index (χ3n) is 3.83. The lowest BCUT2D eigenvalue weighted by atomic mass is 10.0. The van der Waals surface area contributed by atoms with E-state index < -0.39 is 0 Å². The molecule has 0 aromatic heterocycles. The molecule has 3 rings (SSSR count). The highest BCUT2D eigenvalue weighted by Gasteiger charge is 2.27. The Kier molecular flexibility index (Phi) is 3.69. The molecule has 4 nitrogen and oxygen atoms in total. The van der Waals surface area contributed by atoms with Crippen LogP contribution in [0, 0.1) is 5.92 Å². The minimum absolute atomic E-state index is 0.228. The summed E-state index contributed by atoms with van der Waals surface area (Å²) in [6.07, 6.45) is 2.71. The van der Waals surface area contributed by atoms with Crippen molar-refractivity contribution in [1.82, 2.24) is 4.90 Å². The minimum Gasteiger partial charge on any atom is -0.454 e. The molecule has 1 aromatic carbocycles. The van der Waals surface area contributed by atoms with Crippen molar-refractivity contribution in [2.75, 3.05) is 26.9 Å². The first-order chi connectivity index (χ1) is 9.19. The van der Waals surface area contributed by atoms with Crippen molar-refractivity contribution in [3.05, 3.63) is 22.2 Å². The summed E-state index contributed by atoms with van der Waals surface area (Å²) in [4.78, 5) is 2.35. The quantitative estimate of drug-likeness (QED) is 0.903. The van der Waals surface area contributed by atoms with Crippen molar-refractivity contribution in [2.45, 2.75) is 18.9 Å². The molecule has 0 radical (unpaired) electrons. The van der Waals surface area contributed by atoms with Crippen molar-refractivity contribution >= 4 is 15.9 Å². The van der Waals surface area contributed by atoms with E-state index in [4.69, 9.17) is 15.2 Å². The highest BCUT2D eigenvalue weighted by molar-refractivity contribution is 9.10. The Morgan fingerprint density at radius 1 is 1.42 bits per heavy atom. The molecular weight excluding hydrogens is 308 g/mol. The van der Waals surface area contributed by atoms with Gasteiger partial charge in [0.2, 0.25) is 6.79 Å². The molecular formula is C14H19BrN2O2. The van der Waals surface area contributed by atoms with Gasteiger partial charge in [-0.15, -0.1) is 0 Å². The SMILES string of the molecule is CN(CC1CC1)C(CN)c1cc(Br)c2c(c1)OCO2. The smallest absolute Gasteiger partial charge is 0.231 e. The van der Waals surface area contributed by atoms with E-state index in [-0.39, 0.29) is 6.04 Å². The Hall–Kier alpha value is -0.780. The van der Waals surface area contributed by atoms with Crippen LogP contribution in [0.3, 0.4) is 0 Å². The van der Waals surface area contributed by atoms with E-state index in [0.717, 1.165) is 28.4 Å². The van der Waals surface area contributed by atoms with Crippen LogP contribution < -0.4 is 15.2 Å². The van der Waals surface area contributed by atoms with Crippen LogP contribution in [0.1, 0.15) is 24.4 Å². The average molecular weight is 327 g/mol. The molecule has 1 saturated carbocycles. The predicted molar refractivity (Wildman–Crippen MR) is 77.4 cm³/mol. The predicted octanol–water partition coefficient (Wildman–Crippen LogP) is 2.52. The monoisotopic (exact) mass is 326 g/mol. The van der Waals surface area contributed by atoms with Gasteiger partial charge in [-0.2, -0.15) is 0 Å². The Balaban J connectivity index is 1.84. The van der Waals surface area contributed by atoms with Crippen LogP contribution >= 0.6 is 15.9 Å². The first-order valence-electron chi connectivity index (χ1n) is 6.68. The number of rotatable bonds is 5. The lowest BCUT2D eigenvalue weighted by Crippen LogP contribution is -2.32. The van der Waals surface area contributed by atoms with E-state index in [1.54, 1.807) is 0 Å². The third kappa shape index (κ3) is 2.73. The average Bonchev–Trinajstić information content (AvgIpc) is 3.05. The largest absolute Gasteiger partial charge is 0.454 e. The molecule has 1 aromatic rings. The number of likely N-dealkylation sites (N-methyl/N-ethyl adjacent to an activating group) is 1. The van der Waals surface area contributed by atoms with E-state index in [0.29, 0.717) is 13.3 Å². The molecule has 2 N–H and O–H groups in total. The van der Waals surface area contributed by atoms with Crippen LogP contribution in [-0.2, 0) is 0 Å². The second-order valence-corrected chi connectivity index (χ2v) is 6.23. The summed E-state index contributed by atoms with van der Waals surface area (Å²) in [5.74, 6) is 2.46. The fraction of sp³-hybridized carbons (Fsp3) is 0.571. The lowest BCUT2D eigenvalue weighted by molar-refractivity contribution is 0.173. The van der Waals surface area contributed by atoms with Crippen LogP contribution in [-0.4, -0.2) is 31.8 Å². The molecule has 0 saturated heterocycles. The normalized spacial score (nSPS) is 18.9. The van der Waals surface area contributed by atoms with E-state index in [9.17, 15) is 0 Å². The van der Waals surface area contributed by atoms with E-state index in [1.165, 1.54) is 18.4 Å². The maximum atomic E-state index is 5.97. The summed E-state index contributed by atoms with van der Waals surface area (Å²) in [6.45, 7) is 2.02. The molecule has 104 valence electrons. The molecule has 1 aliphatic carbocycles. The van der Waals surface area contributed by atoms with Gasteiger partial charge in [0.15, 0.2) is 11.5 Å². The van der Waals surface area contributed by atoms with Gasteiger partial charge in [0.25, 0.3) is 0 Å². The molecule has 2 aliphatic rings. The Labute approximate surface area is 122 Å². The molecule has 19 heavy (non-hydrogen) atoms. The van der Waals surface area contributed by atoms with Crippen molar-refractivity contribution in [3.63, 3.8) is 0 Å². The zero-order valence-electron chi connectivity index (χ0n) is 11.1. The van der Waals surface area contributed by atoms with Gasteiger partial charge < -0.3 is 15.2 Å². The van der Waals surface area contributed by atoms with Crippen LogP contribution in [0.15, 0.2) is 16.6 Å². The molecule has 1 aliphatic heterocycles. The second-order valence-electron chi connectivity index (χ2n) is 5.37. The summed E-state index contributed by atoms with van der Waals surface area (Å²) in [5, 5.41) is 0. The van der Waals surface area contributed by atoms with E-state index in [1.807, 2.05) is 6.07 Å². The van der Waals surface area contributed by atoms with Gasteiger partial charge in [0.1, 0.15) is 0 Å². The fourth-order valence-electron chi connectivity index (χ4n) is 2.59. The number of fused-ring (bicyclic) bond motifs is 1. The minimum atomic E-state index is 0.228. The molecule has 1 atom stereocenters. The molecule has 1 fully saturated rings. The number of nitrogens with zero attached hydrogens (tertiary/aromatic N) is 1. The lowest BCUT2D eigenvalue weighted by Gasteiger charge is -2.27. The van der Waals surface area contributed by atoms with Gasteiger partial charge in [0.05, 0.1) is 4.47 Å². The maximum absolute atomic E-state index is 5.97. The summed E-state index contributed by atoms with van der Waals surface area (Å²) in [6, 6.07) is 4.37. The Morgan fingerprint density at radius 2 is 2.21 bits per heavy atom. The first-order valence-corrected chi connectivity index (χ1v) is 7.47. The number of halogens is 1. The van der Waals surface area contributed by atoms with Crippen molar-refractivity contribution in [3.8, 4) is 11.5 Å². The number of ether oxygens (including phenoxy) is 2. The zero-order valence-corrected chi connectivity index (χ0v) is 12.6. The van der Waals surface area contributed by atoms with E-state index >= 15 is 0 Å². The van der Waals surface area contributed by atoms with Crippen molar-refractivity contribution in [1.29, 1.82) is 0 Å². The molecule has 0 spiro atoms. The topological polar surface area (TPSA) is 47.7 Å². The highest BCUT2D eigenvalue weighted by atomic mass is 79.9. The number of benzene rings is 1. The van der Waals surface area contributed by atoms with E-state index in [2.05, 4.69) is 33.9 Å². The zero-order chi connectivity index (χ0) is 13.4. The first kappa shape index (κ1) is 13.2. The third-order valence-corrected chi connectivity index (χ3v) is 4.42. The molecule has 1 unspecified atom stereocenters. The van der Waals surface area contributed by atoms with Crippen molar-refractivity contribution < 1.29 is 9.47 Å². The van der Waals surface area contributed by atoms with Crippen LogP contribution in [0.5, 0.6) is 11.5 Å². The summed E-state index contributed by atoms with van der Waals surface area (Å²) in [5.41, 5.74) is 7.15. The highest BCUT2D eigenvalue weighted by Crippen LogP contribution is 2.42. The summed E-state index contributed by atoms with van der Waals surface area (Å²) >= 11 is 3.54. The number of nitrogens with two attached hydrogens (primary N) is 1. The van der Waals surface area contributed by atoms with Gasteiger partial charge in [-0.05, 0) is 59.4 Å².